The summed E-state index contributed by atoms with van der Waals surface area (Å²) in [7, 11) is 0. The molecule has 0 bridgehead atoms. The zero-order valence-corrected chi connectivity index (χ0v) is 11.3. The molecule has 0 radical (unpaired) electrons. The van der Waals surface area contributed by atoms with Crippen LogP contribution in [0.2, 0.25) is 5.02 Å². The van der Waals surface area contributed by atoms with Gasteiger partial charge in [0.2, 0.25) is 0 Å². The minimum atomic E-state index is -0.441. The van der Waals surface area contributed by atoms with Crippen molar-refractivity contribution in [1.82, 2.24) is 4.90 Å². The molecule has 1 aromatic rings. The highest BCUT2D eigenvalue weighted by atomic mass is 35.5. The maximum atomic E-state index is 13.0. The van der Waals surface area contributed by atoms with Crippen LogP contribution in [-0.2, 0) is 0 Å². The van der Waals surface area contributed by atoms with E-state index in [0.29, 0.717) is 18.0 Å². The van der Waals surface area contributed by atoms with Crippen LogP contribution in [0.3, 0.4) is 0 Å². The lowest BCUT2D eigenvalue weighted by Crippen LogP contribution is -2.45. The largest absolute Gasteiger partial charge is 0.334 e. The van der Waals surface area contributed by atoms with Gasteiger partial charge in [-0.3, -0.25) is 4.79 Å². The van der Waals surface area contributed by atoms with E-state index in [1.807, 2.05) is 0 Å². The van der Waals surface area contributed by atoms with Gasteiger partial charge in [-0.1, -0.05) is 11.6 Å². The van der Waals surface area contributed by atoms with Crippen LogP contribution in [0.25, 0.3) is 0 Å². The van der Waals surface area contributed by atoms with Crippen molar-refractivity contribution in [3.63, 3.8) is 0 Å². The van der Waals surface area contributed by atoms with E-state index in [-0.39, 0.29) is 17.0 Å². The molecule has 0 saturated heterocycles. The topological polar surface area (TPSA) is 20.3 Å². The van der Waals surface area contributed by atoms with Gasteiger partial charge >= 0.3 is 0 Å². The summed E-state index contributed by atoms with van der Waals surface area (Å²) in [4.78, 5) is 14.1. The number of carbonyl (C=O) groups is 1. The summed E-state index contributed by atoms with van der Waals surface area (Å²) in [5.74, 6) is -0.212. The molecule has 1 amide bonds. The van der Waals surface area contributed by atoms with Gasteiger partial charge in [-0.2, -0.15) is 0 Å². The molecule has 98 valence electrons. The third-order valence-corrected chi connectivity index (χ3v) is 3.75. The fourth-order valence-corrected chi connectivity index (χ4v) is 2.49. The number of carbonyl (C=O) groups excluding carboxylic acids is 1. The molecular weight excluding hydrogens is 276 g/mol. The summed E-state index contributed by atoms with van der Waals surface area (Å²) in [6.45, 7) is 0.499. The number of nitrogens with zero attached hydrogens (tertiary/aromatic N) is 1. The molecule has 1 aliphatic rings. The molecule has 0 aromatic heterocycles. The minimum Gasteiger partial charge on any atom is -0.334 e. The van der Waals surface area contributed by atoms with Gasteiger partial charge in [0.1, 0.15) is 5.82 Å². The van der Waals surface area contributed by atoms with Crippen molar-refractivity contribution in [2.45, 2.75) is 25.3 Å². The number of amides is 1. The Morgan fingerprint density at radius 3 is 2.67 bits per heavy atom. The predicted molar refractivity (Wildman–Crippen MR) is 70.8 cm³/mol. The Bertz CT molecular complexity index is 449. The Labute approximate surface area is 116 Å². The molecule has 0 unspecified atom stereocenters. The first-order valence-corrected chi connectivity index (χ1v) is 6.86. The average Bonchev–Trinajstić information content (AvgIpc) is 2.25. The number of rotatable bonds is 4. The van der Waals surface area contributed by atoms with Crippen LogP contribution in [0.1, 0.15) is 29.6 Å². The second-order valence-electron chi connectivity index (χ2n) is 4.40. The van der Waals surface area contributed by atoms with E-state index in [1.165, 1.54) is 12.1 Å². The first-order valence-electron chi connectivity index (χ1n) is 5.95. The molecule has 1 aromatic carbocycles. The van der Waals surface area contributed by atoms with Crippen LogP contribution in [0.4, 0.5) is 4.39 Å². The van der Waals surface area contributed by atoms with Gasteiger partial charge in [0.15, 0.2) is 0 Å². The van der Waals surface area contributed by atoms with Crippen LogP contribution in [0, 0.1) is 5.82 Å². The summed E-state index contributed by atoms with van der Waals surface area (Å²) in [6, 6.07) is 4.09. The zero-order valence-electron chi connectivity index (χ0n) is 9.83. The van der Waals surface area contributed by atoms with Crippen LogP contribution in [0.5, 0.6) is 0 Å². The van der Waals surface area contributed by atoms with Crippen LogP contribution < -0.4 is 0 Å². The standard InChI is InChI=1S/C13H14Cl2FNO/c14-6-7-17(10-2-1-3-10)13(18)11-5-4-9(16)8-12(11)15/h4-5,8,10H,1-3,6-7H2. The van der Waals surface area contributed by atoms with Gasteiger partial charge in [-0.15, -0.1) is 11.6 Å². The fourth-order valence-electron chi connectivity index (χ4n) is 2.06. The molecule has 1 fully saturated rings. The summed E-state index contributed by atoms with van der Waals surface area (Å²) < 4.78 is 13.0. The quantitative estimate of drug-likeness (QED) is 0.774. The number of benzene rings is 1. The normalized spacial score (nSPS) is 15.3. The van der Waals surface area contributed by atoms with Crippen molar-refractivity contribution in [3.05, 3.63) is 34.6 Å². The molecule has 2 nitrogen and oxygen atoms in total. The van der Waals surface area contributed by atoms with Crippen molar-refractivity contribution < 1.29 is 9.18 Å². The zero-order chi connectivity index (χ0) is 13.1. The van der Waals surface area contributed by atoms with E-state index < -0.39 is 5.82 Å². The van der Waals surface area contributed by atoms with E-state index in [0.717, 1.165) is 25.3 Å². The molecule has 1 saturated carbocycles. The molecule has 0 atom stereocenters. The Morgan fingerprint density at radius 1 is 1.44 bits per heavy atom. The first-order chi connectivity index (χ1) is 8.63. The highest BCUT2D eigenvalue weighted by Gasteiger charge is 2.29. The Morgan fingerprint density at radius 2 is 2.17 bits per heavy atom. The summed E-state index contributed by atoms with van der Waals surface area (Å²) in [5.41, 5.74) is 0.343. The van der Waals surface area contributed by atoms with Crippen molar-refractivity contribution in [2.24, 2.45) is 0 Å². The third kappa shape index (κ3) is 2.78. The average molecular weight is 290 g/mol. The van der Waals surface area contributed by atoms with Gasteiger partial charge in [0.05, 0.1) is 10.6 Å². The lowest BCUT2D eigenvalue weighted by atomic mass is 9.91. The Balaban J connectivity index is 2.21. The monoisotopic (exact) mass is 289 g/mol. The van der Waals surface area contributed by atoms with E-state index in [2.05, 4.69) is 0 Å². The minimum absolute atomic E-state index is 0.152. The molecular formula is C13H14Cl2FNO. The van der Waals surface area contributed by atoms with Gasteiger partial charge < -0.3 is 4.90 Å². The number of hydrogen-bond acceptors (Lipinski definition) is 1. The SMILES string of the molecule is O=C(c1ccc(F)cc1Cl)N(CCCl)C1CCC1. The van der Waals surface area contributed by atoms with Crippen LogP contribution in [0.15, 0.2) is 18.2 Å². The highest BCUT2D eigenvalue weighted by molar-refractivity contribution is 6.33. The molecule has 0 heterocycles. The number of hydrogen-bond donors (Lipinski definition) is 0. The van der Waals surface area contributed by atoms with Crippen molar-refractivity contribution in [2.75, 3.05) is 12.4 Å². The molecule has 18 heavy (non-hydrogen) atoms. The maximum Gasteiger partial charge on any atom is 0.255 e. The van der Waals surface area contributed by atoms with Crippen LogP contribution >= 0.6 is 23.2 Å². The summed E-state index contributed by atoms with van der Waals surface area (Å²) in [6.07, 6.45) is 3.14. The molecule has 0 aliphatic heterocycles. The van der Waals surface area contributed by atoms with E-state index in [1.54, 1.807) is 4.90 Å². The highest BCUT2D eigenvalue weighted by Crippen LogP contribution is 2.28. The maximum absolute atomic E-state index is 13.0. The van der Waals surface area contributed by atoms with Crippen molar-refractivity contribution >= 4 is 29.1 Å². The Hall–Kier alpha value is -0.800. The molecule has 1 aliphatic carbocycles. The smallest absolute Gasteiger partial charge is 0.255 e. The summed E-state index contributed by atoms with van der Waals surface area (Å²) >= 11 is 11.6. The first kappa shape index (κ1) is 13.6. The number of alkyl halides is 1. The molecule has 2 rings (SSSR count). The van der Waals surface area contributed by atoms with Gasteiger partial charge in [0.25, 0.3) is 5.91 Å². The van der Waals surface area contributed by atoms with Crippen molar-refractivity contribution in [1.29, 1.82) is 0 Å². The van der Waals surface area contributed by atoms with E-state index in [4.69, 9.17) is 23.2 Å². The third-order valence-electron chi connectivity index (χ3n) is 3.26. The molecule has 0 spiro atoms. The molecule has 0 N–H and O–H groups in total. The van der Waals surface area contributed by atoms with E-state index >= 15 is 0 Å². The Kier molecular flexibility index (Phi) is 4.46. The lowest BCUT2D eigenvalue weighted by molar-refractivity contribution is 0.0598. The lowest BCUT2D eigenvalue weighted by Gasteiger charge is -2.37. The van der Waals surface area contributed by atoms with Gasteiger partial charge in [0, 0.05) is 18.5 Å². The van der Waals surface area contributed by atoms with Gasteiger partial charge in [-0.05, 0) is 37.5 Å². The fraction of sp³-hybridized carbons (Fsp3) is 0.462. The molecule has 5 heteroatoms. The number of halogens is 3. The van der Waals surface area contributed by atoms with Crippen LogP contribution in [-0.4, -0.2) is 29.3 Å². The predicted octanol–water partition coefficient (Wildman–Crippen LogP) is 3.71. The van der Waals surface area contributed by atoms with Crippen molar-refractivity contribution in [3.8, 4) is 0 Å². The van der Waals surface area contributed by atoms with E-state index in [9.17, 15) is 9.18 Å². The second-order valence-corrected chi connectivity index (χ2v) is 5.18. The second kappa shape index (κ2) is 5.89. The summed E-state index contributed by atoms with van der Waals surface area (Å²) in [5, 5.41) is 0.152. The van der Waals surface area contributed by atoms with Gasteiger partial charge in [-0.25, -0.2) is 4.39 Å².